The molecule has 0 aromatic heterocycles. The summed E-state index contributed by atoms with van der Waals surface area (Å²) in [5, 5.41) is 14.4. The van der Waals surface area contributed by atoms with E-state index in [1.807, 2.05) is 32.1 Å². The number of carbonyl (C=O) groups excluding carboxylic acids is 3. The van der Waals surface area contributed by atoms with Crippen LogP contribution in [0, 0.1) is 11.8 Å². The maximum atomic E-state index is 13.8. The topological polar surface area (TPSA) is 136 Å². The summed E-state index contributed by atoms with van der Waals surface area (Å²) in [4.78, 5) is 40.7. The highest BCUT2D eigenvalue weighted by molar-refractivity contribution is 6.35. The first kappa shape index (κ1) is 33.8. The number of nitrogens with zero attached hydrogens (tertiary/aromatic N) is 1. The fraction of sp³-hybridized carbons (Fsp3) is 0.594. The number of methoxy groups -OCH3 is 2. The van der Waals surface area contributed by atoms with Crippen molar-refractivity contribution in [3.63, 3.8) is 0 Å². The van der Waals surface area contributed by atoms with Crippen LogP contribution in [0.1, 0.15) is 53.0 Å². The molecule has 2 N–H and O–H groups in total. The fourth-order valence-corrected chi connectivity index (χ4v) is 6.19. The monoisotopic (exact) mass is 634 g/mol. The number of nitrogens with one attached hydrogen (secondary N) is 1. The Morgan fingerprint density at radius 1 is 1.25 bits per heavy atom. The smallest absolute Gasteiger partial charge is 0.409 e. The third-order valence-corrected chi connectivity index (χ3v) is 9.06. The molecule has 12 heteroatoms. The van der Waals surface area contributed by atoms with Crippen LogP contribution in [-0.2, 0) is 35.0 Å². The van der Waals surface area contributed by atoms with Crippen LogP contribution in [0.5, 0.6) is 5.75 Å². The van der Waals surface area contributed by atoms with Crippen molar-refractivity contribution in [1.82, 2.24) is 5.32 Å². The number of allylic oxidation sites excluding steroid dienone is 3. The van der Waals surface area contributed by atoms with Gasteiger partial charge >= 0.3 is 12.1 Å². The zero-order chi connectivity index (χ0) is 32.6. The molecule has 1 aromatic rings. The van der Waals surface area contributed by atoms with Gasteiger partial charge in [0.25, 0.3) is 0 Å². The van der Waals surface area contributed by atoms with Gasteiger partial charge in [-0.3, -0.25) is 14.9 Å². The maximum Gasteiger partial charge on any atom is 0.409 e. The summed E-state index contributed by atoms with van der Waals surface area (Å²) >= 11 is 6.68. The summed E-state index contributed by atoms with van der Waals surface area (Å²) < 4.78 is 28.8. The summed E-state index contributed by atoms with van der Waals surface area (Å²) in [5.74, 6) is -1.30. The largest absolute Gasteiger partial charge is 0.495 e. The first-order valence-corrected chi connectivity index (χ1v) is 15.1. The summed E-state index contributed by atoms with van der Waals surface area (Å²) in [6, 6.07) is 3.63. The highest BCUT2D eigenvalue weighted by Crippen LogP contribution is 2.49. The van der Waals surface area contributed by atoms with Gasteiger partial charge in [0, 0.05) is 26.5 Å². The van der Waals surface area contributed by atoms with E-state index in [4.69, 9.17) is 35.3 Å². The molecule has 3 aliphatic heterocycles. The van der Waals surface area contributed by atoms with Gasteiger partial charge in [0.05, 0.1) is 31.2 Å². The standard InChI is InChI=1S/C32H43ClN2O9/c1-17(2)29(37)43-25-15-26(36)35(6)21-13-20(14-22(40-7)27(21)33)12-18(3)10-9-11-24(41-8)32(39)16-23(42-30(38)34-32)19(4)28-31(25,5)44-28/h9-11,13-14,17,19,23-25,28,39H,12,15-16H2,1-8H3,(H,34,38)/b11-9+,18-10?/t19-,23+,24-,25+,28+,31-,32+/m1/s1. The van der Waals surface area contributed by atoms with Crippen LogP contribution in [0.3, 0.4) is 0 Å². The van der Waals surface area contributed by atoms with Gasteiger partial charge in [-0.05, 0) is 38.0 Å². The van der Waals surface area contributed by atoms with Gasteiger partial charge in [-0.2, -0.15) is 0 Å². The van der Waals surface area contributed by atoms with E-state index in [2.05, 4.69) is 5.32 Å². The molecule has 2 amide bonds. The van der Waals surface area contributed by atoms with E-state index in [1.165, 1.54) is 19.1 Å². The van der Waals surface area contributed by atoms with Crippen LogP contribution < -0.4 is 15.0 Å². The Balaban J connectivity index is 1.80. The number of rotatable bonds is 4. The zero-order valence-electron chi connectivity index (χ0n) is 26.5. The van der Waals surface area contributed by atoms with E-state index >= 15 is 0 Å². The van der Waals surface area contributed by atoms with Crippen LogP contribution in [-0.4, -0.2) is 80.1 Å². The molecule has 11 nitrogen and oxygen atoms in total. The van der Waals surface area contributed by atoms with E-state index in [-0.39, 0.29) is 23.8 Å². The van der Waals surface area contributed by atoms with Crippen molar-refractivity contribution in [2.24, 2.45) is 11.8 Å². The Hall–Kier alpha value is -3.12. The molecule has 3 aliphatic rings. The van der Waals surface area contributed by atoms with Gasteiger partial charge in [0.15, 0.2) is 5.72 Å². The molecule has 4 bridgehead atoms. The quantitative estimate of drug-likeness (QED) is 0.366. The second kappa shape index (κ2) is 13.1. The molecule has 2 fully saturated rings. The average molecular weight is 635 g/mol. The van der Waals surface area contributed by atoms with Crippen molar-refractivity contribution in [3.8, 4) is 5.75 Å². The molecule has 44 heavy (non-hydrogen) atoms. The number of alkyl carbamates (subject to hydrolysis) is 1. The van der Waals surface area contributed by atoms with E-state index in [0.717, 1.165) is 11.1 Å². The van der Waals surface area contributed by atoms with Crippen molar-refractivity contribution in [1.29, 1.82) is 0 Å². The molecule has 0 spiro atoms. The number of aliphatic hydroxyl groups is 1. The first-order chi connectivity index (χ1) is 20.6. The lowest BCUT2D eigenvalue weighted by Crippen LogP contribution is -2.63. The lowest BCUT2D eigenvalue weighted by Gasteiger charge is -2.42. The number of fused-ring (bicyclic) bond motifs is 5. The molecular weight excluding hydrogens is 592 g/mol. The van der Waals surface area contributed by atoms with Crippen LogP contribution >= 0.6 is 11.6 Å². The van der Waals surface area contributed by atoms with Gasteiger partial charge in [0.1, 0.15) is 34.7 Å². The Morgan fingerprint density at radius 3 is 2.59 bits per heavy atom. The van der Waals surface area contributed by atoms with Gasteiger partial charge in [0.2, 0.25) is 5.91 Å². The second-order valence-electron chi connectivity index (χ2n) is 12.4. The Kier molecular flexibility index (Phi) is 10.0. The molecule has 7 atom stereocenters. The summed E-state index contributed by atoms with van der Waals surface area (Å²) in [6.45, 7) is 8.95. The van der Waals surface area contributed by atoms with E-state index in [9.17, 15) is 19.5 Å². The molecular formula is C32H43ClN2O9. The Bertz CT molecular complexity index is 1350. The van der Waals surface area contributed by atoms with Crippen LogP contribution in [0.25, 0.3) is 0 Å². The number of hydrogen-bond donors (Lipinski definition) is 2. The number of hydrogen-bond acceptors (Lipinski definition) is 9. The van der Waals surface area contributed by atoms with Crippen molar-refractivity contribution >= 4 is 35.3 Å². The number of benzene rings is 1. The number of amides is 2. The summed E-state index contributed by atoms with van der Waals surface area (Å²) in [6.07, 6.45) is 1.65. The highest BCUT2D eigenvalue weighted by atomic mass is 35.5. The lowest BCUT2D eigenvalue weighted by atomic mass is 9.83. The molecule has 0 aliphatic carbocycles. The van der Waals surface area contributed by atoms with Gasteiger partial charge < -0.3 is 33.7 Å². The minimum Gasteiger partial charge on any atom is -0.495 e. The first-order valence-electron chi connectivity index (χ1n) is 14.7. The highest BCUT2D eigenvalue weighted by Gasteiger charge is 2.64. The van der Waals surface area contributed by atoms with E-state index in [0.29, 0.717) is 17.9 Å². The maximum absolute atomic E-state index is 13.8. The normalized spacial score (nSPS) is 33.5. The van der Waals surface area contributed by atoms with Crippen LogP contribution in [0.2, 0.25) is 5.02 Å². The number of epoxide rings is 1. The molecule has 1 aromatic carbocycles. The predicted octanol–water partition coefficient (Wildman–Crippen LogP) is 4.32. The van der Waals surface area contributed by atoms with Crippen molar-refractivity contribution in [2.75, 3.05) is 26.2 Å². The minimum absolute atomic E-state index is 0.00361. The van der Waals surface area contributed by atoms with Crippen LogP contribution in [0.4, 0.5) is 10.5 Å². The van der Waals surface area contributed by atoms with Gasteiger partial charge in [-0.1, -0.05) is 56.2 Å². The SMILES string of the molecule is COc1cc2cc(c1Cl)N(C)C(=O)C[C@H](OC(=O)C(C)C)[C@@]1(C)O[C@H]1[C@H](C)[C@@H]1C[C@@](O)(NC(=O)O1)[C@H](OC)/C=C/C=C(C)C2. The Morgan fingerprint density at radius 2 is 1.95 bits per heavy atom. The molecule has 0 saturated carbocycles. The number of anilines is 1. The van der Waals surface area contributed by atoms with E-state index in [1.54, 1.807) is 40.0 Å². The number of esters is 1. The van der Waals surface area contributed by atoms with Crippen molar-refractivity contribution in [3.05, 3.63) is 46.5 Å². The van der Waals surface area contributed by atoms with Crippen molar-refractivity contribution in [2.45, 2.75) is 89.6 Å². The minimum atomic E-state index is -1.77. The number of carbonyl (C=O) groups is 3. The molecule has 242 valence electrons. The Labute approximate surface area is 263 Å². The average Bonchev–Trinajstić information content (AvgIpc) is 3.66. The summed E-state index contributed by atoms with van der Waals surface area (Å²) in [7, 11) is 4.56. The van der Waals surface area contributed by atoms with Crippen molar-refractivity contribution < 1.29 is 43.2 Å². The van der Waals surface area contributed by atoms with Gasteiger partial charge in [-0.25, -0.2) is 4.79 Å². The third kappa shape index (κ3) is 6.91. The van der Waals surface area contributed by atoms with E-state index < -0.39 is 59.6 Å². The molecule has 0 radical (unpaired) electrons. The molecule has 2 saturated heterocycles. The van der Waals surface area contributed by atoms with Crippen LogP contribution in [0.15, 0.2) is 35.9 Å². The number of ether oxygens (including phenoxy) is 5. The lowest BCUT2D eigenvalue weighted by molar-refractivity contribution is -0.157. The summed E-state index contributed by atoms with van der Waals surface area (Å²) in [5.41, 5.74) is -0.587. The third-order valence-electron chi connectivity index (χ3n) is 8.68. The fourth-order valence-electron chi connectivity index (χ4n) is 5.88. The van der Waals surface area contributed by atoms with Gasteiger partial charge in [-0.15, -0.1) is 0 Å². The number of halogens is 1. The zero-order valence-corrected chi connectivity index (χ0v) is 27.3. The predicted molar refractivity (Wildman–Crippen MR) is 164 cm³/mol. The molecule has 3 heterocycles. The molecule has 0 unspecified atom stereocenters. The second-order valence-corrected chi connectivity index (χ2v) is 12.8. The molecule has 4 rings (SSSR count).